The quantitative estimate of drug-likeness (QED) is 0.546. The summed E-state index contributed by atoms with van der Waals surface area (Å²) in [5.41, 5.74) is -0.0617. The molecule has 20 heavy (non-hydrogen) atoms. The Bertz CT molecular complexity index is 364. The maximum absolute atomic E-state index is 11.0. The molecule has 0 radical (unpaired) electrons. The van der Waals surface area contributed by atoms with Crippen molar-refractivity contribution in [3.05, 3.63) is 11.1 Å². The van der Waals surface area contributed by atoms with Crippen molar-refractivity contribution in [2.75, 3.05) is 32.8 Å². The van der Waals surface area contributed by atoms with Crippen molar-refractivity contribution in [2.24, 2.45) is 0 Å². The number of hydrogen-bond donors (Lipinski definition) is 2. The molecule has 0 aromatic rings. The summed E-state index contributed by atoms with van der Waals surface area (Å²) in [6, 6.07) is 0. The van der Waals surface area contributed by atoms with Crippen molar-refractivity contribution < 1.29 is 24.5 Å². The molecule has 116 valence electrons. The highest BCUT2D eigenvalue weighted by atomic mass is 35.5. The van der Waals surface area contributed by atoms with Gasteiger partial charge in [-0.3, -0.25) is 4.90 Å². The summed E-state index contributed by atoms with van der Waals surface area (Å²) in [6.07, 6.45) is 1.85. The average Bonchev–Trinajstić information content (AvgIpc) is 2.38. The molecule has 0 saturated carbocycles. The molecule has 0 aromatic heterocycles. The lowest BCUT2D eigenvalue weighted by Crippen LogP contribution is -2.36. The summed E-state index contributed by atoms with van der Waals surface area (Å²) in [4.78, 5) is 24.1. The second-order valence-corrected chi connectivity index (χ2v) is 4.62. The molecule has 1 fully saturated rings. The van der Waals surface area contributed by atoms with Gasteiger partial charge < -0.3 is 14.9 Å². The fourth-order valence-corrected chi connectivity index (χ4v) is 2.05. The number of carbonyl (C=O) groups is 2. The van der Waals surface area contributed by atoms with E-state index in [4.69, 9.17) is 14.9 Å². The molecule has 0 spiro atoms. The first-order valence-electron chi connectivity index (χ1n) is 6.49. The molecule has 1 aliphatic rings. The number of rotatable bonds is 7. The minimum atomic E-state index is -1.16. The van der Waals surface area contributed by atoms with Crippen molar-refractivity contribution in [1.29, 1.82) is 0 Å². The highest BCUT2D eigenvalue weighted by Crippen LogP contribution is 2.14. The van der Waals surface area contributed by atoms with E-state index in [-0.39, 0.29) is 23.6 Å². The van der Waals surface area contributed by atoms with Gasteiger partial charge in [0.2, 0.25) is 0 Å². The maximum Gasteiger partial charge on any atom is 0.332 e. The molecule has 0 amide bonds. The number of ether oxygens (including phenoxy) is 1. The molecule has 0 unspecified atom stereocenters. The van der Waals surface area contributed by atoms with E-state index in [1.165, 1.54) is 6.92 Å². The molecule has 1 saturated heterocycles. The van der Waals surface area contributed by atoms with E-state index in [0.29, 0.717) is 12.8 Å². The summed E-state index contributed by atoms with van der Waals surface area (Å²) in [5.74, 6) is -2.29. The Labute approximate surface area is 124 Å². The van der Waals surface area contributed by atoms with Crippen molar-refractivity contribution in [3.8, 4) is 0 Å². The molecule has 0 atom stereocenters. The van der Waals surface area contributed by atoms with Gasteiger partial charge in [0.25, 0.3) is 0 Å². The van der Waals surface area contributed by atoms with Crippen LogP contribution in [-0.2, 0) is 14.3 Å². The van der Waals surface area contributed by atoms with Crippen molar-refractivity contribution in [2.45, 2.75) is 26.2 Å². The topological polar surface area (TPSA) is 87.1 Å². The van der Waals surface area contributed by atoms with Gasteiger partial charge in [-0.15, -0.1) is 12.4 Å². The second kappa shape index (κ2) is 9.74. The number of carboxylic acids is 2. The predicted octanol–water partition coefficient (Wildman–Crippen LogP) is 1.40. The third kappa shape index (κ3) is 6.36. The van der Waals surface area contributed by atoms with Crippen LogP contribution in [0.4, 0.5) is 0 Å². The number of aliphatic carboxylic acids is 2. The molecule has 7 heteroatoms. The van der Waals surface area contributed by atoms with E-state index < -0.39 is 11.9 Å². The van der Waals surface area contributed by atoms with Crippen LogP contribution in [0.15, 0.2) is 11.1 Å². The smallest absolute Gasteiger partial charge is 0.332 e. The Balaban J connectivity index is 0.00000361. The summed E-state index contributed by atoms with van der Waals surface area (Å²) in [5, 5.41) is 17.8. The lowest BCUT2D eigenvalue weighted by Gasteiger charge is -2.26. The Hall–Kier alpha value is -1.11. The number of carboxylic acid groups (broad SMARTS) is 2. The van der Waals surface area contributed by atoms with Crippen LogP contribution in [0.5, 0.6) is 0 Å². The largest absolute Gasteiger partial charge is 0.478 e. The van der Waals surface area contributed by atoms with Gasteiger partial charge in [0.05, 0.1) is 13.2 Å². The fraction of sp³-hybridized carbons (Fsp3) is 0.692. The molecule has 1 rings (SSSR count). The number of halogens is 1. The Kier molecular flexibility index (Phi) is 9.20. The van der Waals surface area contributed by atoms with Crippen LogP contribution < -0.4 is 0 Å². The monoisotopic (exact) mass is 307 g/mol. The second-order valence-electron chi connectivity index (χ2n) is 4.62. The van der Waals surface area contributed by atoms with Gasteiger partial charge in [0.15, 0.2) is 0 Å². The lowest BCUT2D eigenvalue weighted by atomic mass is 10.0. The first-order valence-corrected chi connectivity index (χ1v) is 6.49. The van der Waals surface area contributed by atoms with Crippen molar-refractivity contribution in [1.82, 2.24) is 4.90 Å². The normalized spacial score (nSPS) is 17.1. The van der Waals surface area contributed by atoms with Gasteiger partial charge in [-0.1, -0.05) is 0 Å². The third-order valence-electron chi connectivity index (χ3n) is 3.29. The van der Waals surface area contributed by atoms with Gasteiger partial charge in [-0.25, -0.2) is 9.59 Å². The molecule has 0 bridgehead atoms. The minimum Gasteiger partial charge on any atom is -0.478 e. The summed E-state index contributed by atoms with van der Waals surface area (Å²) in [6.45, 7) is 5.57. The number of morpholine rings is 1. The zero-order chi connectivity index (χ0) is 14.3. The zero-order valence-electron chi connectivity index (χ0n) is 11.6. The molecular weight excluding hydrogens is 286 g/mol. The lowest BCUT2D eigenvalue weighted by molar-refractivity contribution is -0.136. The van der Waals surface area contributed by atoms with Gasteiger partial charge in [0, 0.05) is 24.2 Å². The number of unbranched alkanes of at least 4 members (excludes halogenated alkanes) is 1. The maximum atomic E-state index is 11.0. The number of nitrogens with zero attached hydrogens (tertiary/aromatic N) is 1. The van der Waals surface area contributed by atoms with E-state index >= 15 is 0 Å². The Morgan fingerprint density at radius 2 is 1.70 bits per heavy atom. The van der Waals surface area contributed by atoms with E-state index in [9.17, 15) is 9.59 Å². The number of hydrogen-bond acceptors (Lipinski definition) is 4. The van der Waals surface area contributed by atoms with Gasteiger partial charge >= 0.3 is 11.9 Å². The predicted molar refractivity (Wildman–Crippen MR) is 76.3 cm³/mol. The average molecular weight is 308 g/mol. The van der Waals surface area contributed by atoms with Crippen LogP contribution in [0.3, 0.4) is 0 Å². The first-order chi connectivity index (χ1) is 9.02. The SMILES string of the molecule is C/C(C(=O)O)=C(/CCCCN1CCOCC1)C(=O)O.Cl. The van der Waals surface area contributed by atoms with E-state index in [0.717, 1.165) is 39.3 Å². The van der Waals surface area contributed by atoms with Crippen LogP contribution in [0.1, 0.15) is 26.2 Å². The van der Waals surface area contributed by atoms with E-state index in [1.54, 1.807) is 0 Å². The van der Waals surface area contributed by atoms with Crippen molar-refractivity contribution in [3.63, 3.8) is 0 Å². The van der Waals surface area contributed by atoms with Crippen LogP contribution >= 0.6 is 12.4 Å². The standard InChI is InChI=1S/C13H21NO5.ClH/c1-10(12(15)16)11(13(17)18)4-2-3-5-14-6-8-19-9-7-14;/h2-9H2,1H3,(H,15,16)(H,17,18);1H/b11-10+;. The van der Waals surface area contributed by atoms with E-state index in [2.05, 4.69) is 4.90 Å². The van der Waals surface area contributed by atoms with Crippen molar-refractivity contribution >= 4 is 24.3 Å². The Morgan fingerprint density at radius 1 is 1.10 bits per heavy atom. The molecular formula is C13H22ClNO5. The Morgan fingerprint density at radius 3 is 2.20 bits per heavy atom. The third-order valence-corrected chi connectivity index (χ3v) is 3.29. The molecule has 1 aliphatic heterocycles. The van der Waals surface area contributed by atoms with Gasteiger partial charge in [0.1, 0.15) is 0 Å². The van der Waals surface area contributed by atoms with E-state index in [1.807, 2.05) is 0 Å². The van der Waals surface area contributed by atoms with Crippen LogP contribution in [0.25, 0.3) is 0 Å². The molecule has 2 N–H and O–H groups in total. The summed E-state index contributed by atoms with van der Waals surface area (Å²) in [7, 11) is 0. The first kappa shape index (κ1) is 18.9. The molecule has 0 aliphatic carbocycles. The van der Waals surface area contributed by atoms with Gasteiger partial charge in [-0.2, -0.15) is 0 Å². The van der Waals surface area contributed by atoms with Crippen LogP contribution in [0, 0.1) is 0 Å². The molecule has 0 aromatic carbocycles. The molecule has 6 nitrogen and oxygen atoms in total. The van der Waals surface area contributed by atoms with Crippen LogP contribution in [0.2, 0.25) is 0 Å². The van der Waals surface area contributed by atoms with Crippen LogP contribution in [-0.4, -0.2) is 59.9 Å². The zero-order valence-corrected chi connectivity index (χ0v) is 12.4. The summed E-state index contributed by atoms with van der Waals surface area (Å²) < 4.78 is 5.24. The minimum absolute atomic E-state index is 0. The molecule has 1 heterocycles. The highest BCUT2D eigenvalue weighted by molar-refractivity contribution is 5.98. The fourth-order valence-electron chi connectivity index (χ4n) is 2.05. The van der Waals surface area contributed by atoms with Gasteiger partial charge in [-0.05, 0) is 32.7 Å². The highest BCUT2D eigenvalue weighted by Gasteiger charge is 2.16. The summed E-state index contributed by atoms with van der Waals surface area (Å²) >= 11 is 0.